The maximum atomic E-state index is 12.5. The van der Waals surface area contributed by atoms with Crippen molar-refractivity contribution in [2.75, 3.05) is 19.6 Å². The van der Waals surface area contributed by atoms with Crippen molar-refractivity contribution in [1.29, 1.82) is 0 Å². The van der Waals surface area contributed by atoms with Gasteiger partial charge in [-0.05, 0) is 44.1 Å². The van der Waals surface area contributed by atoms with Gasteiger partial charge in [-0.15, -0.1) is 11.3 Å². The summed E-state index contributed by atoms with van der Waals surface area (Å²) in [6, 6.07) is 10.2. The zero-order valence-electron chi connectivity index (χ0n) is 16.9. The van der Waals surface area contributed by atoms with Gasteiger partial charge >= 0.3 is 0 Å². The lowest BCUT2D eigenvalue weighted by Crippen LogP contribution is -2.34. The number of rotatable bonds is 8. The van der Waals surface area contributed by atoms with Crippen LogP contribution in [0.25, 0.3) is 0 Å². The van der Waals surface area contributed by atoms with Crippen molar-refractivity contribution in [2.45, 2.75) is 51.4 Å². The molecule has 1 aromatic heterocycles. The van der Waals surface area contributed by atoms with Crippen LogP contribution in [-0.4, -0.2) is 41.3 Å². The fraction of sp³-hybridized carbons (Fsp3) is 0.522. The highest BCUT2D eigenvalue weighted by atomic mass is 32.1. The Kier molecular flexibility index (Phi) is 6.60. The molecule has 2 aliphatic rings. The normalized spacial score (nSPS) is 18.7. The van der Waals surface area contributed by atoms with Crippen molar-refractivity contribution < 1.29 is 9.59 Å². The van der Waals surface area contributed by atoms with Crippen LogP contribution in [0.15, 0.2) is 30.3 Å². The largest absolute Gasteiger partial charge is 0.356 e. The molecule has 2 heterocycles. The van der Waals surface area contributed by atoms with E-state index in [1.165, 1.54) is 40.4 Å². The van der Waals surface area contributed by atoms with Crippen LogP contribution in [-0.2, 0) is 35.3 Å². The summed E-state index contributed by atoms with van der Waals surface area (Å²) in [5, 5.41) is 4.23. The first-order valence-electron chi connectivity index (χ1n) is 10.8. The summed E-state index contributed by atoms with van der Waals surface area (Å²) in [7, 11) is 0. The van der Waals surface area contributed by atoms with Crippen LogP contribution in [0, 0.1) is 5.92 Å². The maximum absolute atomic E-state index is 12.5. The Labute approximate surface area is 176 Å². The number of carbonyl (C=O) groups excluding carboxylic acids is 2. The van der Waals surface area contributed by atoms with Gasteiger partial charge in [-0.1, -0.05) is 30.3 Å². The highest BCUT2D eigenvalue weighted by Gasteiger charge is 2.33. The molecule has 5 nitrogen and oxygen atoms in total. The predicted molar refractivity (Wildman–Crippen MR) is 115 cm³/mol. The van der Waals surface area contributed by atoms with Gasteiger partial charge in [0.15, 0.2) is 0 Å². The highest BCUT2D eigenvalue weighted by Crippen LogP contribution is 2.27. The molecule has 0 bridgehead atoms. The minimum absolute atomic E-state index is 0.0130. The molecule has 4 rings (SSSR count). The number of thiazole rings is 1. The Morgan fingerprint density at radius 2 is 2.00 bits per heavy atom. The van der Waals surface area contributed by atoms with E-state index in [2.05, 4.69) is 17.4 Å². The van der Waals surface area contributed by atoms with Crippen LogP contribution in [0.1, 0.15) is 46.8 Å². The topological polar surface area (TPSA) is 62.3 Å². The van der Waals surface area contributed by atoms with E-state index in [-0.39, 0.29) is 17.7 Å². The molecule has 0 spiro atoms. The molecule has 0 radical (unpaired) electrons. The molecule has 29 heavy (non-hydrogen) atoms. The maximum Gasteiger partial charge on any atom is 0.225 e. The molecule has 1 aromatic carbocycles. The van der Waals surface area contributed by atoms with Crippen molar-refractivity contribution in [2.24, 2.45) is 5.92 Å². The Balaban J connectivity index is 1.17. The molecule has 6 heteroatoms. The first-order valence-corrected chi connectivity index (χ1v) is 11.6. The zero-order valence-corrected chi connectivity index (χ0v) is 17.7. The molecule has 1 fully saturated rings. The van der Waals surface area contributed by atoms with Crippen LogP contribution >= 0.6 is 11.3 Å². The van der Waals surface area contributed by atoms with Gasteiger partial charge in [0, 0.05) is 37.4 Å². The minimum Gasteiger partial charge on any atom is -0.356 e. The third-order valence-corrected chi connectivity index (χ3v) is 7.07. The summed E-state index contributed by atoms with van der Waals surface area (Å²) < 4.78 is 0. The van der Waals surface area contributed by atoms with E-state index in [1.54, 1.807) is 0 Å². The molecule has 1 N–H and O–H groups in total. The van der Waals surface area contributed by atoms with Crippen LogP contribution in [0.4, 0.5) is 0 Å². The third-order valence-electron chi connectivity index (χ3n) is 5.86. The molecule has 1 aliphatic carbocycles. The fourth-order valence-corrected chi connectivity index (χ4v) is 5.38. The summed E-state index contributed by atoms with van der Waals surface area (Å²) in [6.07, 6.45) is 7.83. The van der Waals surface area contributed by atoms with Gasteiger partial charge in [0.25, 0.3) is 0 Å². The Morgan fingerprint density at radius 1 is 1.17 bits per heavy atom. The number of nitrogens with zero attached hydrogens (tertiary/aromatic N) is 2. The Morgan fingerprint density at radius 3 is 2.83 bits per heavy atom. The van der Waals surface area contributed by atoms with E-state index in [9.17, 15) is 9.59 Å². The van der Waals surface area contributed by atoms with Crippen molar-refractivity contribution in [3.8, 4) is 0 Å². The van der Waals surface area contributed by atoms with Crippen LogP contribution in [0.5, 0.6) is 0 Å². The summed E-state index contributed by atoms with van der Waals surface area (Å²) in [4.78, 5) is 32.8. The van der Waals surface area contributed by atoms with E-state index in [0.717, 1.165) is 25.7 Å². The number of benzene rings is 1. The summed E-state index contributed by atoms with van der Waals surface area (Å²) in [5.41, 5.74) is 2.53. The number of aromatic nitrogens is 1. The second kappa shape index (κ2) is 9.53. The van der Waals surface area contributed by atoms with Crippen LogP contribution in [0.2, 0.25) is 0 Å². The van der Waals surface area contributed by atoms with Gasteiger partial charge in [0.2, 0.25) is 11.8 Å². The average Bonchev–Trinajstić information content (AvgIpc) is 3.33. The number of nitrogens with one attached hydrogen (secondary N) is 1. The van der Waals surface area contributed by atoms with Gasteiger partial charge in [-0.2, -0.15) is 0 Å². The molecular weight excluding hydrogens is 382 g/mol. The van der Waals surface area contributed by atoms with E-state index < -0.39 is 0 Å². The molecule has 154 valence electrons. The summed E-state index contributed by atoms with van der Waals surface area (Å²) >= 11 is 1.85. The minimum atomic E-state index is -0.217. The van der Waals surface area contributed by atoms with E-state index in [1.807, 2.05) is 34.4 Å². The van der Waals surface area contributed by atoms with Gasteiger partial charge in [-0.25, -0.2) is 4.98 Å². The number of likely N-dealkylation sites (tertiary alicyclic amines) is 1. The van der Waals surface area contributed by atoms with Crippen molar-refractivity contribution in [1.82, 2.24) is 15.2 Å². The van der Waals surface area contributed by atoms with Crippen LogP contribution in [0.3, 0.4) is 0 Å². The lowest BCUT2D eigenvalue weighted by atomic mass is 10.0. The van der Waals surface area contributed by atoms with E-state index in [4.69, 9.17) is 4.98 Å². The van der Waals surface area contributed by atoms with E-state index in [0.29, 0.717) is 26.1 Å². The molecular formula is C23H29N3O2S. The van der Waals surface area contributed by atoms with Crippen molar-refractivity contribution in [3.05, 3.63) is 51.5 Å². The number of fused-ring (bicyclic) bond motifs is 1. The first-order chi connectivity index (χ1) is 14.2. The van der Waals surface area contributed by atoms with Crippen molar-refractivity contribution in [3.63, 3.8) is 0 Å². The monoisotopic (exact) mass is 411 g/mol. The number of amides is 2. The average molecular weight is 412 g/mol. The van der Waals surface area contributed by atoms with Gasteiger partial charge < -0.3 is 10.2 Å². The number of hydrogen-bond donors (Lipinski definition) is 1. The predicted octanol–water partition coefficient (Wildman–Crippen LogP) is 3.16. The van der Waals surface area contributed by atoms with Crippen LogP contribution < -0.4 is 5.32 Å². The molecule has 1 unspecified atom stereocenters. The van der Waals surface area contributed by atoms with Gasteiger partial charge in [0.05, 0.1) is 16.6 Å². The highest BCUT2D eigenvalue weighted by molar-refractivity contribution is 7.11. The van der Waals surface area contributed by atoms with Gasteiger partial charge in [0.1, 0.15) is 0 Å². The molecule has 1 saturated heterocycles. The number of aryl methyl sites for hydroxylation is 3. The quantitative estimate of drug-likeness (QED) is 0.679. The van der Waals surface area contributed by atoms with Gasteiger partial charge in [-0.3, -0.25) is 9.59 Å². The smallest absolute Gasteiger partial charge is 0.225 e. The number of hydrogen-bond acceptors (Lipinski definition) is 4. The fourth-order valence-electron chi connectivity index (χ4n) is 4.18. The molecule has 1 atom stereocenters. The third kappa shape index (κ3) is 5.24. The molecule has 0 saturated carbocycles. The Bertz CT molecular complexity index is 826. The number of carbonyl (C=O) groups is 2. The second-order valence-corrected chi connectivity index (χ2v) is 9.22. The lowest BCUT2D eigenvalue weighted by molar-refractivity contribution is -0.129. The van der Waals surface area contributed by atoms with E-state index >= 15 is 0 Å². The lowest BCUT2D eigenvalue weighted by Gasteiger charge is -2.16. The molecule has 2 amide bonds. The van der Waals surface area contributed by atoms with Crippen molar-refractivity contribution >= 4 is 23.2 Å². The molecule has 1 aliphatic heterocycles. The second-order valence-electron chi connectivity index (χ2n) is 8.06. The first kappa shape index (κ1) is 20.1. The summed E-state index contributed by atoms with van der Waals surface area (Å²) in [6.45, 7) is 1.87. The standard InChI is InChI=1S/C23H29N3O2S/c27-22-15-18(16-26(22)14-12-17-7-2-1-3-8-17)23(28)24-13-6-11-21-25-19-9-4-5-10-20(19)29-21/h1-3,7-8,18H,4-6,9-16H2,(H,24,28). The molecule has 2 aromatic rings. The Hall–Kier alpha value is -2.21. The summed E-state index contributed by atoms with van der Waals surface area (Å²) in [5.74, 6) is -0.112. The SMILES string of the molecule is O=C(NCCCc1nc2c(s1)CCCC2)C1CC(=O)N(CCc2ccccc2)C1. The zero-order chi connectivity index (χ0) is 20.1.